The van der Waals surface area contributed by atoms with Crippen LogP contribution in [0.15, 0.2) is 29.8 Å². The Morgan fingerprint density at radius 1 is 1.23 bits per heavy atom. The molecule has 7 heteroatoms. The molecule has 1 amide bonds. The Morgan fingerprint density at radius 2 is 2.06 bits per heavy atom. The monoisotopic (exact) mass is 443 g/mol. The quantitative estimate of drug-likeness (QED) is 0.654. The van der Waals surface area contributed by atoms with Crippen molar-refractivity contribution in [3.05, 3.63) is 40.3 Å². The van der Waals surface area contributed by atoms with Crippen LogP contribution in [-0.2, 0) is 11.3 Å². The largest absolute Gasteiger partial charge is 0.493 e. The standard InChI is InChI=1S/C24H33N3O3S/c1-29-20-11-5-9-19(22(20)30-2)16-27-13-6-10-18(15-27)21(24-25-12-14-31-24)26-23(28)17-7-3-4-8-17/h5,9,11-12,14,17-18,21H,3-4,6-8,10,13,15-16H2,1-2H3,(H,26,28). The lowest BCUT2D eigenvalue weighted by molar-refractivity contribution is -0.126. The number of nitrogens with zero attached hydrogens (tertiary/aromatic N) is 2. The van der Waals surface area contributed by atoms with Gasteiger partial charge in [0.15, 0.2) is 11.5 Å². The Balaban J connectivity index is 1.48. The van der Waals surface area contributed by atoms with Crippen molar-refractivity contribution in [3.63, 3.8) is 0 Å². The smallest absolute Gasteiger partial charge is 0.223 e. The predicted octanol–water partition coefficient (Wildman–Crippen LogP) is 4.42. The first-order chi connectivity index (χ1) is 15.2. The van der Waals surface area contributed by atoms with Crippen LogP contribution in [0.4, 0.5) is 0 Å². The fraction of sp³-hybridized carbons (Fsp3) is 0.583. The van der Waals surface area contributed by atoms with E-state index in [-0.39, 0.29) is 17.9 Å². The van der Waals surface area contributed by atoms with E-state index >= 15 is 0 Å². The maximum atomic E-state index is 12.9. The molecular weight excluding hydrogens is 410 g/mol. The van der Waals surface area contributed by atoms with Crippen LogP contribution in [-0.4, -0.2) is 43.1 Å². The topological polar surface area (TPSA) is 63.7 Å². The van der Waals surface area contributed by atoms with E-state index in [0.29, 0.717) is 5.92 Å². The lowest BCUT2D eigenvalue weighted by Crippen LogP contribution is -2.43. The van der Waals surface area contributed by atoms with E-state index in [1.165, 1.54) is 12.8 Å². The van der Waals surface area contributed by atoms with Gasteiger partial charge in [-0.2, -0.15) is 0 Å². The zero-order valence-electron chi connectivity index (χ0n) is 18.5. The molecule has 1 saturated carbocycles. The number of hydrogen-bond donors (Lipinski definition) is 1. The summed E-state index contributed by atoms with van der Waals surface area (Å²) in [5, 5.41) is 6.42. The number of aromatic nitrogens is 1. The van der Waals surface area contributed by atoms with E-state index in [4.69, 9.17) is 9.47 Å². The number of carbonyl (C=O) groups excluding carboxylic acids is 1. The van der Waals surface area contributed by atoms with E-state index in [2.05, 4.69) is 21.3 Å². The van der Waals surface area contributed by atoms with Gasteiger partial charge in [0.1, 0.15) is 5.01 Å². The molecule has 31 heavy (non-hydrogen) atoms. The third kappa shape index (κ3) is 5.21. The van der Waals surface area contributed by atoms with E-state index in [1.54, 1.807) is 25.6 Å². The molecule has 168 valence electrons. The number of amides is 1. The summed E-state index contributed by atoms with van der Waals surface area (Å²) in [4.78, 5) is 20.0. The van der Waals surface area contributed by atoms with Crippen molar-refractivity contribution in [2.75, 3.05) is 27.3 Å². The average molecular weight is 444 g/mol. The number of hydrogen-bond acceptors (Lipinski definition) is 6. The highest BCUT2D eigenvalue weighted by atomic mass is 32.1. The van der Waals surface area contributed by atoms with Crippen LogP contribution in [0.25, 0.3) is 0 Å². The van der Waals surface area contributed by atoms with Crippen molar-refractivity contribution >= 4 is 17.2 Å². The maximum Gasteiger partial charge on any atom is 0.223 e. The zero-order chi connectivity index (χ0) is 21.6. The van der Waals surface area contributed by atoms with E-state index in [0.717, 1.165) is 67.4 Å². The summed E-state index contributed by atoms with van der Waals surface area (Å²) in [6.07, 6.45) is 8.42. The van der Waals surface area contributed by atoms with Gasteiger partial charge in [0, 0.05) is 36.1 Å². The Hall–Kier alpha value is -2.12. The first-order valence-electron chi connectivity index (χ1n) is 11.3. The van der Waals surface area contributed by atoms with Gasteiger partial charge in [-0.15, -0.1) is 11.3 Å². The van der Waals surface area contributed by atoms with Crippen molar-refractivity contribution in [3.8, 4) is 11.5 Å². The van der Waals surface area contributed by atoms with Gasteiger partial charge < -0.3 is 14.8 Å². The van der Waals surface area contributed by atoms with Crippen molar-refractivity contribution in [2.24, 2.45) is 11.8 Å². The summed E-state index contributed by atoms with van der Waals surface area (Å²) >= 11 is 1.64. The molecule has 2 aliphatic rings. The molecule has 0 spiro atoms. The van der Waals surface area contributed by atoms with Gasteiger partial charge in [0.25, 0.3) is 0 Å². The van der Waals surface area contributed by atoms with E-state index < -0.39 is 0 Å². The highest BCUT2D eigenvalue weighted by molar-refractivity contribution is 7.09. The van der Waals surface area contributed by atoms with Crippen LogP contribution in [0.2, 0.25) is 0 Å². The minimum absolute atomic E-state index is 0.0110. The SMILES string of the molecule is COc1cccc(CN2CCCC(C(NC(=O)C3CCCC3)c3nccs3)C2)c1OC. The number of benzene rings is 1. The number of para-hydroxylation sites is 1. The summed E-state index contributed by atoms with van der Waals surface area (Å²) in [6, 6.07) is 6.03. The van der Waals surface area contributed by atoms with E-state index in [1.807, 2.05) is 23.7 Å². The summed E-state index contributed by atoms with van der Waals surface area (Å²) in [5.41, 5.74) is 1.13. The predicted molar refractivity (Wildman–Crippen MR) is 123 cm³/mol. The van der Waals surface area contributed by atoms with Crippen LogP contribution in [0.1, 0.15) is 55.1 Å². The van der Waals surface area contributed by atoms with Crippen LogP contribution < -0.4 is 14.8 Å². The second kappa shape index (κ2) is 10.5. The molecule has 2 unspecified atom stereocenters. The minimum atomic E-state index is -0.0110. The lowest BCUT2D eigenvalue weighted by Gasteiger charge is -2.37. The summed E-state index contributed by atoms with van der Waals surface area (Å²) in [5.74, 6) is 2.30. The third-order valence-electron chi connectivity index (χ3n) is 6.63. The molecule has 2 heterocycles. The maximum absolute atomic E-state index is 12.9. The number of methoxy groups -OCH3 is 2. The molecule has 4 rings (SSSR count). The summed E-state index contributed by atoms with van der Waals surface area (Å²) < 4.78 is 11.1. The number of nitrogens with one attached hydrogen (secondary N) is 1. The Morgan fingerprint density at radius 3 is 2.77 bits per heavy atom. The van der Waals surface area contributed by atoms with Crippen molar-refractivity contribution in [1.29, 1.82) is 0 Å². The van der Waals surface area contributed by atoms with Gasteiger partial charge >= 0.3 is 0 Å². The van der Waals surface area contributed by atoms with Gasteiger partial charge in [-0.3, -0.25) is 9.69 Å². The third-order valence-corrected chi connectivity index (χ3v) is 7.49. The normalized spacial score (nSPS) is 21.0. The van der Waals surface area contributed by atoms with Crippen molar-refractivity contribution in [1.82, 2.24) is 15.2 Å². The number of piperidine rings is 1. The number of carbonyl (C=O) groups is 1. The fourth-order valence-electron chi connectivity index (χ4n) is 5.05. The molecular formula is C24H33N3O3S. The minimum Gasteiger partial charge on any atom is -0.493 e. The summed E-state index contributed by atoms with van der Waals surface area (Å²) in [7, 11) is 3.36. The highest BCUT2D eigenvalue weighted by Crippen LogP contribution is 2.35. The van der Waals surface area contributed by atoms with Gasteiger partial charge in [-0.25, -0.2) is 4.98 Å². The summed E-state index contributed by atoms with van der Waals surface area (Å²) in [6.45, 7) is 2.77. The van der Waals surface area contributed by atoms with Gasteiger partial charge in [0.05, 0.1) is 20.3 Å². The second-order valence-corrected chi connectivity index (χ2v) is 9.55. The van der Waals surface area contributed by atoms with Gasteiger partial charge in [-0.05, 0) is 44.2 Å². The van der Waals surface area contributed by atoms with E-state index in [9.17, 15) is 4.79 Å². The molecule has 2 aromatic rings. The number of likely N-dealkylation sites (tertiary alicyclic amines) is 1. The molecule has 1 aromatic carbocycles. The molecule has 1 aliphatic carbocycles. The van der Waals surface area contributed by atoms with Crippen LogP contribution in [0.5, 0.6) is 11.5 Å². The zero-order valence-corrected chi connectivity index (χ0v) is 19.3. The molecule has 1 aliphatic heterocycles. The van der Waals surface area contributed by atoms with Gasteiger partial charge in [0.2, 0.25) is 5.91 Å². The average Bonchev–Trinajstić information content (AvgIpc) is 3.52. The molecule has 0 radical (unpaired) electrons. The molecule has 6 nitrogen and oxygen atoms in total. The molecule has 1 aromatic heterocycles. The molecule has 2 atom stereocenters. The second-order valence-electron chi connectivity index (χ2n) is 8.63. The van der Waals surface area contributed by atoms with Crippen LogP contribution >= 0.6 is 11.3 Å². The Labute approximate surface area is 189 Å². The number of thiazole rings is 1. The lowest BCUT2D eigenvalue weighted by atomic mass is 9.90. The van der Waals surface area contributed by atoms with Crippen LogP contribution in [0.3, 0.4) is 0 Å². The highest BCUT2D eigenvalue weighted by Gasteiger charge is 2.33. The molecule has 1 saturated heterocycles. The molecule has 0 bridgehead atoms. The van der Waals surface area contributed by atoms with Crippen molar-refractivity contribution < 1.29 is 14.3 Å². The Bertz CT molecular complexity index is 852. The first kappa shape index (κ1) is 22.1. The van der Waals surface area contributed by atoms with Crippen LogP contribution in [0, 0.1) is 11.8 Å². The number of rotatable bonds is 8. The molecule has 1 N–H and O–H groups in total. The first-order valence-corrected chi connectivity index (χ1v) is 12.2. The Kier molecular flexibility index (Phi) is 7.45. The van der Waals surface area contributed by atoms with Crippen molar-refractivity contribution in [2.45, 2.75) is 51.1 Å². The number of ether oxygens (including phenoxy) is 2. The van der Waals surface area contributed by atoms with Gasteiger partial charge in [-0.1, -0.05) is 25.0 Å². The molecule has 2 fully saturated rings. The fourth-order valence-corrected chi connectivity index (χ4v) is 5.84.